The first-order valence-electron chi connectivity index (χ1n) is 15.0. The summed E-state index contributed by atoms with van der Waals surface area (Å²) in [4.78, 5) is 14.4. The van der Waals surface area contributed by atoms with Crippen molar-refractivity contribution in [2.24, 2.45) is 0 Å². The van der Waals surface area contributed by atoms with Gasteiger partial charge >= 0.3 is 6.18 Å². The molecule has 1 aliphatic heterocycles. The highest BCUT2D eigenvalue weighted by atomic mass is 19.4. The van der Waals surface area contributed by atoms with Crippen LogP contribution in [-0.2, 0) is 6.54 Å². The Balaban J connectivity index is 1.34. The SMILES string of the molecule is CC(CCCCC(F)(F)F)Nc1ncc2c(-c3ccc(CN4CCN(C)CC4)cc3)cn(C3CCC(O)CC3)c2n1. The Labute approximate surface area is 240 Å². The molecule has 41 heavy (non-hydrogen) atoms. The quantitative estimate of drug-likeness (QED) is 0.280. The average molecular weight is 573 g/mol. The van der Waals surface area contributed by atoms with E-state index in [-0.39, 0.29) is 24.6 Å². The van der Waals surface area contributed by atoms with Gasteiger partial charge < -0.3 is 19.9 Å². The molecule has 0 spiro atoms. The largest absolute Gasteiger partial charge is 0.393 e. The van der Waals surface area contributed by atoms with Crippen LogP contribution in [0, 0.1) is 0 Å². The molecule has 1 aromatic carbocycles. The summed E-state index contributed by atoms with van der Waals surface area (Å²) in [5.74, 6) is 0.491. The van der Waals surface area contributed by atoms with Crippen LogP contribution in [0.1, 0.15) is 69.9 Å². The molecule has 224 valence electrons. The molecular formula is C31H43F3N6O. The third-order valence-electron chi connectivity index (χ3n) is 8.62. The smallest absolute Gasteiger partial charge is 0.389 e. The Hall–Kier alpha value is -2.69. The lowest BCUT2D eigenvalue weighted by molar-refractivity contribution is -0.135. The molecule has 3 heterocycles. The standard InChI is InChI=1S/C31H43F3N6O/c1-22(5-3-4-14-31(32,33)34)36-30-35-19-27-28(21-40(29(27)37-30)25-10-12-26(41)13-11-25)24-8-6-23(7-9-24)20-39-17-15-38(2)16-18-39/h6-9,19,21-22,25-26,41H,3-5,10-18,20H2,1-2H3,(H,35,36,37). The van der Waals surface area contributed by atoms with Crippen molar-refractivity contribution in [1.82, 2.24) is 24.3 Å². The minimum atomic E-state index is -4.10. The van der Waals surface area contributed by atoms with Crippen molar-refractivity contribution in [3.8, 4) is 11.1 Å². The van der Waals surface area contributed by atoms with Crippen LogP contribution in [-0.4, -0.2) is 81.0 Å². The molecule has 2 aliphatic rings. The predicted molar refractivity (Wildman–Crippen MR) is 157 cm³/mol. The molecule has 1 unspecified atom stereocenters. The number of aliphatic hydroxyl groups is 1. The van der Waals surface area contributed by atoms with E-state index in [0.717, 1.165) is 80.6 Å². The van der Waals surface area contributed by atoms with Crippen LogP contribution in [0.2, 0.25) is 0 Å². The zero-order chi connectivity index (χ0) is 29.0. The van der Waals surface area contributed by atoms with E-state index in [1.807, 2.05) is 13.1 Å². The van der Waals surface area contributed by atoms with Gasteiger partial charge in [-0.2, -0.15) is 18.2 Å². The van der Waals surface area contributed by atoms with Crippen LogP contribution in [0.15, 0.2) is 36.7 Å². The molecule has 1 aliphatic carbocycles. The highest BCUT2D eigenvalue weighted by molar-refractivity contribution is 5.94. The Morgan fingerprint density at radius 1 is 1.02 bits per heavy atom. The summed E-state index contributed by atoms with van der Waals surface area (Å²) < 4.78 is 39.7. The first-order valence-corrected chi connectivity index (χ1v) is 15.0. The van der Waals surface area contributed by atoms with Gasteiger partial charge in [-0.1, -0.05) is 30.7 Å². The second-order valence-electron chi connectivity index (χ2n) is 12.0. The summed E-state index contributed by atoms with van der Waals surface area (Å²) in [6.07, 6.45) is 3.50. The van der Waals surface area contributed by atoms with E-state index in [1.165, 1.54) is 5.56 Å². The number of nitrogens with one attached hydrogen (secondary N) is 1. The number of halogens is 3. The van der Waals surface area contributed by atoms with Gasteiger partial charge in [-0.3, -0.25) is 4.90 Å². The number of anilines is 1. The van der Waals surface area contributed by atoms with E-state index in [4.69, 9.17) is 4.98 Å². The van der Waals surface area contributed by atoms with Crippen LogP contribution < -0.4 is 5.32 Å². The molecule has 5 rings (SSSR count). The molecule has 1 atom stereocenters. The number of benzene rings is 1. The van der Waals surface area contributed by atoms with Gasteiger partial charge in [0.15, 0.2) is 0 Å². The molecular weight excluding hydrogens is 529 g/mol. The Morgan fingerprint density at radius 3 is 2.41 bits per heavy atom. The molecule has 10 heteroatoms. The number of fused-ring (bicyclic) bond motifs is 1. The molecule has 3 aromatic rings. The zero-order valence-corrected chi connectivity index (χ0v) is 24.2. The van der Waals surface area contributed by atoms with Gasteiger partial charge in [-0.25, -0.2) is 4.98 Å². The topological polar surface area (TPSA) is 69.5 Å². The molecule has 1 saturated heterocycles. The highest BCUT2D eigenvalue weighted by Crippen LogP contribution is 2.37. The summed E-state index contributed by atoms with van der Waals surface area (Å²) in [5, 5.41) is 14.4. The van der Waals surface area contributed by atoms with Gasteiger partial charge in [-0.15, -0.1) is 0 Å². The maximum atomic E-state index is 12.5. The number of piperazine rings is 1. The number of aliphatic hydroxyl groups excluding tert-OH is 1. The average Bonchev–Trinajstić information content (AvgIpc) is 3.31. The Kier molecular flexibility index (Phi) is 9.51. The summed E-state index contributed by atoms with van der Waals surface area (Å²) in [6, 6.07) is 9.00. The van der Waals surface area contributed by atoms with Crippen molar-refractivity contribution >= 4 is 17.0 Å². The van der Waals surface area contributed by atoms with Crippen molar-refractivity contribution in [3.63, 3.8) is 0 Å². The number of aromatic nitrogens is 3. The third kappa shape index (κ3) is 7.99. The van der Waals surface area contributed by atoms with Crippen LogP contribution in [0.4, 0.5) is 19.1 Å². The second kappa shape index (κ2) is 13.1. The number of likely N-dealkylation sites (N-methyl/N-ethyl adjacent to an activating group) is 1. The van der Waals surface area contributed by atoms with Gasteiger partial charge in [0.05, 0.1) is 6.10 Å². The van der Waals surface area contributed by atoms with Crippen molar-refractivity contribution in [1.29, 1.82) is 0 Å². The van der Waals surface area contributed by atoms with Gasteiger partial charge in [0.25, 0.3) is 0 Å². The van der Waals surface area contributed by atoms with Crippen LogP contribution in [0.5, 0.6) is 0 Å². The third-order valence-corrected chi connectivity index (χ3v) is 8.62. The minimum absolute atomic E-state index is 0.0405. The predicted octanol–water partition coefficient (Wildman–Crippen LogP) is 6.24. The number of hydrogen-bond donors (Lipinski definition) is 2. The summed E-state index contributed by atoms with van der Waals surface area (Å²) in [6.45, 7) is 7.28. The van der Waals surface area contributed by atoms with Gasteiger partial charge in [-0.05, 0) is 63.6 Å². The van der Waals surface area contributed by atoms with Gasteiger partial charge in [0.1, 0.15) is 5.65 Å². The number of nitrogens with zero attached hydrogens (tertiary/aromatic N) is 5. The monoisotopic (exact) mass is 572 g/mol. The van der Waals surface area contributed by atoms with Gasteiger partial charge in [0.2, 0.25) is 5.95 Å². The van der Waals surface area contributed by atoms with E-state index < -0.39 is 12.6 Å². The maximum Gasteiger partial charge on any atom is 0.389 e. The highest BCUT2D eigenvalue weighted by Gasteiger charge is 2.26. The Bertz CT molecular complexity index is 1260. The van der Waals surface area contributed by atoms with Crippen molar-refractivity contribution in [2.45, 2.75) is 89.2 Å². The van der Waals surface area contributed by atoms with Crippen LogP contribution >= 0.6 is 0 Å². The molecule has 2 fully saturated rings. The lowest BCUT2D eigenvalue weighted by Gasteiger charge is -2.32. The van der Waals surface area contributed by atoms with Crippen molar-refractivity contribution in [3.05, 3.63) is 42.2 Å². The molecule has 7 nitrogen and oxygen atoms in total. The van der Waals surface area contributed by atoms with E-state index in [9.17, 15) is 18.3 Å². The summed E-state index contributed by atoms with van der Waals surface area (Å²) in [7, 11) is 2.17. The van der Waals surface area contributed by atoms with E-state index in [2.05, 4.69) is 62.2 Å². The normalized spacial score (nSPS) is 21.8. The van der Waals surface area contributed by atoms with Crippen molar-refractivity contribution < 1.29 is 18.3 Å². The number of rotatable bonds is 10. The maximum absolute atomic E-state index is 12.5. The van der Waals surface area contributed by atoms with Gasteiger partial charge in [0, 0.05) is 74.6 Å². The summed E-state index contributed by atoms with van der Waals surface area (Å²) >= 11 is 0. The number of unbranched alkanes of at least 4 members (excludes halogenated alkanes) is 1. The van der Waals surface area contributed by atoms with Crippen molar-refractivity contribution in [2.75, 3.05) is 38.5 Å². The van der Waals surface area contributed by atoms with E-state index in [0.29, 0.717) is 18.8 Å². The fourth-order valence-corrected chi connectivity index (χ4v) is 6.07. The second-order valence-corrected chi connectivity index (χ2v) is 12.0. The molecule has 0 amide bonds. The number of hydrogen-bond acceptors (Lipinski definition) is 6. The lowest BCUT2D eigenvalue weighted by atomic mass is 9.93. The number of alkyl halides is 3. The fourth-order valence-electron chi connectivity index (χ4n) is 6.07. The molecule has 1 saturated carbocycles. The molecule has 0 bridgehead atoms. The first kappa shape index (κ1) is 29.8. The minimum Gasteiger partial charge on any atom is -0.393 e. The molecule has 2 N–H and O–H groups in total. The lowest BCUT2D eigenvalue weighted by Crippen LogP contribution is -2.43. The first-order chi connectivity index (χ1) is 19.6. The molecule has 2 aromatic heterocycles. The van der Waals surface area contributed by atoms with Crippen LogP contribution in [0.3, 0.4) is 0 Å². The molecule has 0 radical (unpaired) electrons. The Morgan fingerprint density at radius 2 is 1.73 bits per heavy atom. The van der Waals surface area contributed by atoms with E-state index >= 15 is 0 Å². The zero-order valence-electron chi connectivity index (χ0n) is 24.2. The fraction of sp³-hybridized carbons (Fsp3) is 0.613. The summed E-state index contributed by atoms with van der Waals surface area (Å²) in [5.41, 5.74) is 4.36. The van der Waals surface area contributed by atoms with Crippen LogP contribution in [0.25, 0.3) is 22.2 Å². The van der Waals surface area contributed by atoms with E-state index in [1.54, 1.807) is 0 Å².